The van der Waals surface area contributed by atoms with E-state index in [1.54, 1.807) is 19.2 Å². The van der Waals surface area contributed by atoms with E-state index in [2.05, 4.69) is 14.6 Å². The summed E-state index contributed by atoms with van der Waals surface area (Å²) < 4.78 is 32.7. The third-order valence-corrected chi connectivity index (χ3v) is 3.89. The van der Waals surface area contributed by atoms with Gasteiger partial charge >= 0.3 is 5.97 Å². The molecule has 1 aromatic carbocycles. The molecule has 20 heavy (non-hydrogen) atoms. The van der Waals surface area contributed by atoms with Crippen molar-refractivity contribution in [1.29, 1.82) is 0 Å². The molecule has 1 N–H and O–H groups in total. The molecule has 0 unspecified atom stereocenters. The summed E-state index contributed by atoms with van der Waals surface area (Å²) in [5.74, 6) is -0.616. The molecule has 0 radical (unpaired) electrons. The van der Waals surface area contributed by atoms with Gasteiger partial charge in [0.05, 0.1) is 24.6 Å². The van der Waals surface area contributed by atoms with Crippen molar-refractivity contribution in [2.24, 2.45) is 7.05 Å². The molecule has 2 aromatic rings. The van der Waals surface area contributed by atoms with E-state index in [0.717, 1.165) is 0 Å². The van der Waals surface area contributed by atoms with Crippen LogP contribution in [0.4, 0.5) is 5.69 Å². The number of ether oxygens (including phenoxy) is 1. The number of carbonyl (C=O) groups excluding carboxylic acids is 1. The van der Waals surface area contributed by atoms with Gasteiger partial charge in [-0.15, -0.1) is 0 Å². The van der Waals surface area contributed by atoms with E-state index in [0.29, 0.717) is 0 Å². The van der Waals surface area contributed by atoms with Crippen LogP contribution in [0.5, 0.6) is 0 Å². The Morgan fingerprint density at radius 3 is 2.65 bits per heavy atom. The van der Waals surface area contributed by atoms with E-state index >= 15 is 0 Å². The summed E-state index contributed by atoms with van der Waals surface area (Å²) in [5, 5.41) is 3.80. The Kier molecular flexibility index (Phi) is 3.75. The molecular formula is C12H13N3O4S. The minimum Gasteiger partial charge on any atom is -0.465 e. The average molecular weight is 295 g/mol. The highest BCUT2D eigenvalue weighted by Crippen LogP contribution is 2.20. The number of aromatic nitrogens is 2. The standard InChI is InChI=1S/C12H13N3O4S/c1-15-8-9(7-13-15)20(17,18)14-11-6-4-3-5-10(11)12(16)19-2/h3-8,14H,1-2H3. The Morgan fingerprint density at radius 2 is 2.05 bits per heavy atom. The molecule has 0 bridgehead atoms. The predicted octanol–water partition coefficient (Wildman–Crippen LogP) is 1.01. The number of rotatable bonds is 4. The van der Waals surface area contributed by atoms with Crippen LogP contribution in [-0.2, 0) is 21.8 Å². The van der Waals surface area contributed by atoms with Crippen LogP contribution in [0.3, 0.4) is 0 Å². The topological polar surface area (TPSA) is 90.3 Å². The van der Waals surface area contributed by atoms with Crippen molar-refractivity contribution in [2.45, 2.75) is 4.90 Å². The normalized spacial score (nSPS) is 11.1. The van der Waals surface area contributed by atoms with Crippen molar-refractivity contribution in [3.8, 4) is 0 Å². The summed E-state index contributed by atoms with van der Waals surface area (Å²) in [7, 11) is -0.954. The van der Waals surface area contributed by atoms with E-state index in [-0.39, 0.29) is 16.1 Å². The first-order valence-corrected chi connectivity index (χ1v) is 7.11. The maximum Gasteiger partial charge on any atom is 0.339 e. The number of benzene rings is 1. The lowest BCUT2D eigenvalue weighted by Crippen LogP contribution is -2.15. The molecule has 0 saturated carbocycles. The Balaban J connectivity index is 2.37. The SMILES string of the molecule is COC(=O)c1ccccc1NS(=O)(=O)c1cnn(C)c1. The number of carbonyl (C=O) groups is 1. The summed E-state index contributed by atoms with van der Waals surface area (Å²) >= 11 is 0. The molecule has 0 amide bonds. The van der Waals surface area contributed by atoms with Crippen LogP contribution >= 0.6 is 0 Å². The van der Waals surface area contributed by atoms with Crippen molar-refractivity contribution in [3.05, 3.63) is 42.2 Å². The minimum atomic E-state index is -3.80. The van der Waals surface area contributed by atoms with Gasteiger partial charge in [0.1, 0.15) is 4.90 Å². The first-order valence-electron chi connectivity index (χ1n) is 5.63. The van der Waals surface area contributed by atoms with E-state index in [1.807, 2.05) is 0 Å². The van der Waals surface area contributed by atoms with Crippen molar-refractivity contribution < 1.29 is 17.9 Å². The molecule has 0 saturated heterocycles. The number of methoxy groups -OCH3 is 1. The first kappa shape index (κ1) is 14.1. The highest BCUT2D eigenvalue weighted by atomic mass is 32.2. The van der Waals surface area contributed by atoms with Gasteiger partial charge in [-0.3, -0.25) is 9.40 Å². The van der Waals surface area contributed by atoms with Gasteiger partial charge in [-0.25, -0.2) is 13.2 Å². The van der Waals surface area contributed by atoms with Crippen LogP contribution in [0.15, 0.2) is 41.6 Å². The number of nitrogens with zero attached hydrogens (tertiary/aromatic N) is 2. The van der Waals surface area contributed by atoms with Crippen LogP contribution < -0.4 is 4.72 Å². The van der Waals surface area contributed by atoms with Crippen LogP contribution in [-0.4, -0.2) is 31.3 Å². The maximum absolute atomic E-state index is 12.2. The van der Waals surface area contributed by atoms with Crippen molar-refractivity contribution >= 4 is 21.7 Å². The van der Waals surface area contributed by atoms with E-state index in [9.17, 15) is 13.2 Å². The Hall–Kier alpha value is -2.35. The monoisotopic (exact) mass is 295 g/mol. The van der Waals surface area contributed by atoms with E-state index in [1.165, 1.54) is 36.3 Å². The summed E-state index contributed by atoms with van der Waals surface area (Å²) in [6, 6.07) is 6.20. The number of esters is 1. The highest BCUT2D eigenvalue weighted by molar-refractivity contribution is 7.92. The number of para-hydroxylation sites is 1. The number of hydrogen-bond acceptors (Lipinski definition) is 5. The van der Waals surface area contributed by atoms with Crippen molar-refractivity contribution in [1.82, 2.24) is 9.78 Å². The fourth-order valence-corrected chi connectivity index (χ4v) is 2.66. The van der Waals surface area contributed by atoms with Gasteiger partial charge in [0.2, 0.25) is 0 Å². The Labute approximate surface area is 116 Å². The van der Waals surface area contributed by atoms with Gasteiger partial charge in [-0.1, -0.05) is 12.1 Å². The van der Waals surface area contributed by atoms with Gasteiger partial charge < -0.3 is 4.74 Å². The zero-order valence-corrected chi connectivity index (χ0v) is 11.7. The lowest BCUT2D eigenvalue weighted by molar-refractivity contribution is 0.0602. The molecule has 0 fully saturated rings. The average Bonchev–Trinajstić information content (AvgIpc) is 2.86. The molecule has 7 nitrogen and oxygen atoms in total. The van der Waals surface area contributed by atoms with Gasteiger partial charge in [-0.05, 0) is 12.1 Å². The number of anilines is 1. The molecule has 1 aromatic heterocycles. The fraction of sp³-hybridized carbons (Fsp3) is 0.167. The summed E-state index contributed by atoms with van der Waals surface area (Å²) in [4.78, 5) is 11.6. The molecule has 0 aliphatic heterocycles. The molecule has 2 rings (SSSR count). The molecule has 1 heterocycles. The van der Waals surface area contributed by atoms with E-state index < -0.39 is 16.0 Å². The second-order valence-electron chi connectivity index (χ2n) is 3.99. The van der Waals surface area contributed by atoms with Crippen LogP contribution in [0.25, 0.3) is 0 Å². The largest absolute Gasteiger partial charge is 0.465 e. The third kappa shape index (κ3) is 2.80. The maximum atomic E-state index is 12.2. The van der Waals surface area contributed by atoms with Gasteiger partial charge in [0, 0.05) is 13.2 Å². The summed E-state index contributed by atoms with van der Waals surface area (Å²) in [5.41, 5.74) is 0.297. The molecular weight excluding hydrogens is 282 g/mol. The number of nitrogens with one attached hydrogen (secondary N) is 1. The predicted molar refractivity (Wildman–Crippen MR) is 71.8 cm³/mol. The zero-order chi connectivity index (χ0) is 14.8. The summed E-state index contributed by atoms with van der Waals surface area (Å²) in [6.07, 6.45) is 2.59. The van der Waals surface area contributed by atoms with Gasteiger partial charge in [0.15, 0.2) is 0 Å². The Bertz CT molecular complexity index is 737. The van der Waals surface area contributed by atoms with Crippen molar-refractivity contribution in [3.63, 3.8) is 0 Å². The second-order valence-corrected chi connectivity index (χ2v) is 5.67. The first-order chi connectivity index (χ1) is 9.44. The number of sulfonamides is 1. The van der Waals surface area contributed by atoms with E-state index in [4.69, 9.17) is 0 Å². The molecule has 0 spiro atoms. The van der Waals surface area contributed by atoms with Crippen LogP contribution in [0.1, 0.15) is 10.4 Å². The molecule has 106 valence electrons. The second kappa shape index (κ2) is 5.33. The Morgan fingerprint density at radius 1 is 1.35 bits per heavy atom. The van der Waals surface area contributed by atoms with Gasteiger partial charge in [-0.2, -0.15) is 5.10 Å². The third-order valence-electron chi connectivity index (χ3n) is 2.57. The quantitative estimate of drug-likeness (QED) is 0.850. The zero-order valence-electron chi connectivity index (χ0n) is 10.9. The van der Waals surface area contributed by atoms with Gasteiger partial charge in [0.25, 0.3) is 10.0 Å². The van der Waals surface area contributed by atoms with Crippen molar-refractivity contribution in [2.75, 3.05) is 11.8 Å². The highest BCUT2D eigenvalue weighted by Gasteiger charge is 2.20. The molecule has 0 atom stereocenters. The molecule has 8 heteroatoms. The summed E-state index contributed by atoms with van der Waals surface area (Å²) in [6.45, 7) is 0. The number of hydrogen-bond donors (Lipinski definition) is 1. The minimum absolute atomic E-state index is 0.0136. The fourth-order valence-electron chi connectivity index (χ4n) is 1.60. The molecule has 0 aliphatic carbocycles. The van der Waals surface area contributed by atoms with Crippen LogP contribution in [0.2, 0.25) is 0 Å². The smallest absolute Gasteiger partial charge is 0.339 e. The van der Waals surface area contributed by atoms with Crippen LogP contribution in [0, 0.1) is 0 Å². The number of aryl methyl sites for hydroxylation is 1. The lowest BCUT2D eigenvalue weighted by Gasteiger charge is -2.10. The lowest BCUT2D eigenvalue weighted by atomic mass is 10.2. The molecule has 0 aliphatic rings.